The van der Waals surface area contributed by atoms with Gasteiger partial charge in [-0.1, -0.05) is 62.0 Å². The van der Waals surface area contributed by atoms with Gasteiger partial charge in [-0.3, -0.25) is 9.65 Å². The van der Waals surface area contributed by atoms with Crippen molar-refractivity contribution in [2.75, 3.05) is 0 Å². The third-order valence-corrected chi connectivity index (χ3v) is 6.91. The van der Waals surface area contributed by atoms with E-state index in [-0.39, 0.29) is 4.90 Å². The molecule has 0 fully saturated rings. The van der Waals surface area contributed by atoms with Crippen molar-refractivity contribution in [3.63, 3.8) is 0 Å². The summed E-state index contributed by atoms with van der Waals surface area (Å²) in [5, 5.41) is 7.51. The Hall–Kier alpha value is -2.16. The van der Waals surface area contributed by atoms with Crippen molar-refractivity contribution in [3.8, 4) is 0 Å². The molecule has 0 aliphatic rings. The maximum Gasteiger partial charge on any atom is 0.294 e. The van der Waals surface area contributed by atoms with E-state index in [2.05, 4.69) is 53.3 Å². The summed E-state index contributed by atoms with van der Waals surface area (Å²) in [4.78, 5) is 4.05. The number of aromatic amines is 1. The monoisotopic (exact) mass is 431 g/mol. The van der Waals surface area contributed by atoms with E-state index in [4.69, 9.17) is 4.55 Å². The van der Waals surface area contributed by atoms with Gasteiger partial charge in [0, 0.05) is 5.75 Å². The number of hydrogen-bond donors (Lipinski definition) is 2. The van der Waals surface area contributed by atoms with Crippen molar-refractivity contribution in [3.05, 3.63) is 71.5 Å². The van der Waals surface area contributed by atoms with Gasteiger partial charge in [0.2, 0.25) is 0 Å². The predicted octanol–water partition coefficient (Wildman–Crippen LogP) is 5.03. The lowest BCUT2D eigenvalue weighted by Crippen LogP contribution is -2.05. The SMILES string of the molecule is CCC(CC(C)c1ccc(CSc2ncn[nH]2)cc1)c1ccc(S(=O)(=O)O)cc1. The minimum Gasteiger partial charge on any atom is -0.282 e. The molecule has 0 amide bonds. The lowest BCUT2D eigenvalue weighted by Gasteiger charge is -2.21. The van der Waals surface area contributed by atoms with Gasteiger partial charge in [0.05, 0.1) is 4.90 Å². The highest BCUT2D eigenvalue weighted by Gasteiger charge is 2.17. The third-order valence-electron chi connectivity index (χ3n) is 5.10. The summed E-state index contributed by atoms with van der Waals surface area (Å²) in [5.74, 6) is 1.53. The van der Waals surface area contributed by atoms with Crippen LogP contribution in [0.4, 0.5) is 0 Å². The molecule has 2 atom stereocenters. The lowest BCUT2D eigenvalue weighted by molar-refractivity contribution is 0.483. The summed E-state index contributed by atoms with van der Waals surface area (Å²) in [5.41, 5.74) is 3.61. The Balaban J connectivity index is 1.62. The normalized spacial score (nSPS) is 13.9. The molecule has 0 saturated carbocycles. The first kappa shape index (κ1) is 21.5. The van der Waals surface area contributed by atoms with Gasteiger partial charge >= 0.3 is 0 Å². The molecular weight excluding hydrogens is 406 g/mol. The van der Waals surface area contributed by atoms with E-state index < -0.39 is 10.1 Å². The van der Waals surface area contributed by atoms with Crippen LogP contribution >= 0.6 is 11.8 Å². The van der Waals surface area contributed by atoms with Crippen LogP contribution in [0.25, 0.3) is 0 Å². The Labute approximate surface area is 175 Å². The minimum absolute atomic E-state index is 0.0667. The lowest BCUT2D eigenvalue weighted by atomic mass is 9.84. The number of rotatable bonds is 9. The van der Waals surface area contributed by atoms with Crippen LogP contribution in [0.15, 0.2) is 64.9 Å². The average Bonchev–Trinajstić information content (AvgIpc) is 3.24. The summed E-state index contributed by atoms with van der Waals surface area (Å²) >= 11 is 1.62. The molecule has 0 aliphatic carbocycles. The van der Waals surface area contributed by atoms with E-state index in [0.29, 0.717) is 11.8 Å². The fourth-order valence-electron chi connectivity index (χ4n) is 3.37. The number of nitrogens with one attached hydrogen (secondary N) is 1. The number of benzene rings is 2. The second-order valence-electron chi connectivity index (χ2n) is 7.11. The summed E-state index contributed by atoms with van der Waals surface area (Å²) in [7, 11) is -4.15. The molecule has 2 aromatic carbocycles. The van der Waals surface area contributed by atoms with Crippen molar-refractivity contribution in [1.82, 2.24) is 15.2 Å². The molecule has 3 rings (SSSR count). The van der Waals surface area contributed by atoms with E-state index in [1.807, 2.05) is 0 Å². The van der Waals surface area contributed by atoms with Gasteiger partial charge in [0.15, 0.2) is 5.16 Å². The molecule has 0 aliphatic heterocycles. The molecule has 1 heterocycles. The second kappa shape index (κ2) is 9.56. The quantitative estimate of drug-likeness (QED) is 0.364. The van der Waals surface area contributed by atoms with Gasteiger partial charge < -0.3 is 0 Å². The topological polar surface area (TPSA) is 95.9 Å². The molecule has 0 saturated heterocycles. The molecule has 3 aromatic rings. The zero-order valence-corrected chi connectivity index (χ0v) is 18.1. The predicted molar refractivity (Wildman–Crippen MR) is 115 cm³/mol. The minimum atomic E-state index is -4.15. The number of aromatic nitrogens is 3. The summed E-state index contributed by atoms with van der Waals surface area (Å²) in [6, 6.07) is 15.2. The molecule has 1 aromatic heterocycles. The summed E-state index contributed by atoms with van der Waals surface area (Å²) in [6.45, 7) is 4.35. The molecule has 2 unspecified atom stereocenters. The smallest absolute Gasteiger partial charge is 0.282 e. The molecule has 0 bridgehead atoms. The van der Waals surface area contributed by atoms with Gasteiger partial charge in [0.25, 0.3) is 10.1 Å². The van der Waals surface area contributed by atoms with Crippen LogP contribution in [0, 0.1) is 0 Å². The van der Waals surface area contributed by atoms with Gasteiger partial charge in [-0.15, -0.1) is 0 Å². The van der Waals surface area contributed by atoms with Gasteiger partial charge in [0.1, 0.15) is 6.33 Å². The van der Waals surface area contributed by atoms with E-state index in [1.165, 1.54) is 29.6 Å². The van der Waals surface area contributed by atoms with Crippen molar-refractivity contribution >= 4 is 21.9 Å². The highest BCUT2D eigenvalue weighted by atomic mass is 32.2. The Kier molecular flexibility index (Phi) is 7.10. The molecule has 2 N–H and O–H groups in total. The summed E-state index contributed by atoms with van der Waals surface area (Å²) in [6.07, 6.45) is 3.43. The van der Waals surface area contributed by atoms with Crippen molar-refractivity contribution in [1.29, 1.82) is 0 Å². The van der Waals surface area contributed by atoms with Crippen LogP contribution in [0.2, 0.25) is 0 Å². The molecule has 154 valence electrons. The van der Waals surface area contributed by atoms with E-state index in [9.17, 15) is 8.42 Å². The first-order valence-corrected chi connectivity index (χ1v) is 11.9. The Morgan fingerprint density at radius 3 is 2.28 bits per heavy atom. The van der Waals surface area contributed by atoms with Gasteiger partial charge in [-0.05, 0) is 53.5 Å². The molecule has 8 heteroatoms. The second-order valence-corrected chi connectivity index (χ2v) is 9.49. The van der Waals surface area contributed by atoms with Crippen molar-refractivity contribution in [2.45, 2.75) is 54.3 Å². The van der Waals surface area contributed by atoms with E-state index >= 15 is 0 Å². The fraction of sp³-hybridized carbons (Fsp3) is 0.333. The van der Waals surface area contributed by atoms with Crippen LogP contribution in [0.3, 0.4) is 0 Å². The van der Waals surface area contributed by atoms with Gasteiger partial charge in [-0.2, -0.15) is 13.5 Å². The van der Waals surface area contributed by atoms with Crippen LogP contribution in [0.5, 0.6) is 0 Å². The van der Waals surface area contributed by atoms with Crippen LogP contribution < -0.4 is 0 Å². The molecule has 0 radical (unpaired) electrons. The van der Waals surface area contributed by atoms with Crippen LogP contribution in [0.1, 0.15) is 55.2 Å². The molecule has 6 nitrogen and oxygen atoms in total. The summed E-state index contributed by atoms with van der Waals surface area (Å²) < 4.78 is 31.6. The number of nitrogens with zero attached hydrogens (tertiary/aromatic N) is 2. The van der Waals surface area contributed by atoms with E-state index in [1.54, 1.807) is 23.9 Å². The standard InChI is InChI=1S/C21H25N3O3S2/c1-3-17(19-8-10-20(11-9-19)29(25,26)27)12-15(2)18-6-4-16(5-7-18)13-28-21-22-14-23-24-21/h4-11,14-15,17H,3,12-13H2,1-2H3,(H,22,23,24)(H,25,26,27). The number of hydrogen-bond acceptors (Lipinski definition) is 5. The van der Waals surface area contributed by atoms with E-state index in [0.717, 1.165) is 29.3 Å². The zero-order chi connectivity index (χ0) is 20.9. The Morgan fingerprint density at radius 1 is 1.07 bits per heavy atom. The van der Waals surface area contributed by atoms with Crippen LogP contribution in [-0.2, 0) is 15.9 Å². The molecule has 29 heavy (non-hydrogen) atoms. The number of H-pyrrole nitrogens is 1. The molecular formula is C21H25N3O3S2. The highest BCUT2D eigenvalue weighted by molar-refractivity contribution is 7.98. The largest absolute Gasteiger partial charge is 0.294 e. The first-order valence-electron chi connectivity index (χ1n) is 9.51. The maximum atomic E-state index is 11.2. The highest BCUT2D eigenvalue weighted by Crippen LogP contribution is 2.33. The Morgan fingerprint density at radius 2 is 1.72 bits per heavy atom. The van der Waals surface area contributed by atoms with Gasteiger partial charge in [-0.25, -0.2) is 4.98 Å². The maximum absolute atomic E-state index is 11.2. The average molecular weight is 432 g/mol. The van der Waals surface area contributed by atoms with Crippen molar-refractivity contribution < 1.29 is 13.0 Å². The third kappa shape index (κ3) is 5.91. The molecule has 0 spiro atoms. The Bertz CT molecular complexity index is 1000. The van der Waals surface area contributed by atoms with Crippen molar-refractivity contribution in [2.24, 2.45) is 0 Å². The zero-order valence-electron chi connectivity index (χ0n) is 16.4. The first-order chi connectivity index (χ1) is 13.9. The van der Waals surface area contributed by atoms with Crippen LogP contribution in [-0.4, -0.2) is 28.2 Å². The number of thioether (sulfide) groups is 1. The fourth-order valence-corrected chi connectivity index (χ4v) is 4.59.